The van der Waals surface area contributed by atoms with Crippen LogP contribution in [0.5, 0.6) is 0 Å². The summed E-state index contributed by atoms with van der Waals surface area (Å²) >= 11 is 0. The van der Waals surface area contributed by atoms with Gasteiger partial charge in [0.25, 0.3) is 0 Å². The molecule has 0 aliphatic rings. The van der Waals surface area contributed by atoms with Crippen LogP contribution in [0.25, 0.3) is 0 Å². The Hall–Kier alpha value is -3.14. The van der Waals surface area contributed by atoms with Crippen molar-refractivity contribution in [2.75, 3.05) is 62.5 Å². The van der Waals surface area contributed by atoms with Gasteiger partial charge in [0.05, 0.1) is 40.2 Å². The van der Waals surface area contributed by atoms with Crippen molar-refractivity contribution in [2.45, 2.75) is 518 Å². The highest BCUT2D eigenvalue weighted by Crippen LogP contribution is 2.14. The highest BCUT2D eigenvalue weighted by atomic mass is 32.2. The molecule has 0 bridgehead atoms. The largest absolute Gasteiger partial charge is 0.447 e. The van der Waals surface area contributed by atoms with E-state index < -0.39 is 19.9 Å². The monoisotopic (exact) mass is 1870 g/mol. The minimum atomic E-state index is -3.04. The quantitative estimate of drug-likeness (QED) is 0.0580. The zero-order valence-corrected chi connectivity index (χ0v) is 97.1. The second-order valence-electron chi connectivity index (χ2n) is 42.1. The van der Waals surface area contributed by atoms with Crippen LogP contribution < -0.4 is 0 Å². The molecule has 0 saturated carbocycles. The van der Waals surface area contributed by atoms with Crippen LogP contribution in [0.1, 0.15) is 429 Å². The van der Waals surface area contributed by atoms with E-state index in [2.05, 4.69) is 242 Å². The number of carbonyl (C=O) groups excluding carboxylic acids is 4. The summed E-state index contributed by atoms with van der Waals surface area (Å²) in [6.45, 7) is 117. The zero-order valence-electron chi connectivity index (χ0n) is 95.4. The summed E-state index contributed by atoms with van der Waals surface area (Å²) in [6.07, 6.45) is 13.9. The first kappa shape index (κ1) is 164. The molecule has 127 heavy (non-hydrogen) atoms. The van der Waals surface area contributed by atoms with Gasteiger partial charge in [-0.1, -0.05) is 239 Å². The van der Waals surface area contributed by atoms with Gasteiger partial charge in [0, 0.05) is 114 Å². The number of hydrogen-bond donors (Lipinski definition) is 0. The van der Waals surface area contributed by atoms with E-state index in [1.54, 1.807) is 75.2 Å². The molecule has 0 radical (unpaired) electrons. The fraction of sp³-hybridized carbons (Fsp3) is 0.925. The fourth-order valence-electron chi connectivity index (χ4n) is 8.50. The number of rotatable bonds is 32. The van der Waals surface area contributed by atoms with Crippen molar-refractivity contribution >= 4 is 43.7 Å². The van der Waals surface area contributed by atoms with Crippen LogP contribution in [0.3, 0.4) is 0 Å². The number of hydrogen-bond acceptors (Lipinski definition) is 13. The van der Waals surface area contributed by atoms with E-state index in [-0.39, 0.29) is 104 Å². The van der Waals surface area contributed by atoms with Crippen molar-refractivity contribution in [1.29, 1.82) is 0 Å². The lowest BCUT2D eigenvalue weighted by atomic mass is 9.99. The topological polar surface area (TPSA) is 187 Å². The van der Waals surface area contributed by atoms with Gasteiger partial charge in [-0.2, -0.15) is 0 Å². The van der Waals surface area contributed by atoms with Crippen LogP contribution in [-0.4, -0.2) is 225 Å². The summed E-state index contributed by atoms with van der Waals surface area (Å²) in [5.74, 6) is 8.89. The molecule has 0 aromatic rings. The van der Waals surface area contributed by atoms with Gasteiger partial charge in [0.15, 0.2) is 9.84 Å². The molecule has 0 N–H and O–H groups in total. The zero-order chi connectivity index (χ0) is 103. The molecule has 0 aliphatic carbocycles. The predicted octanol–water partition coefficient (Wildman–Crippen LogP) is 30.3. The molecule has 18 nitrogen and oxygen atoms in total. The lowest BCUT2D eigenvalue weighted by Crippen LogP contribution is -2.45. The van der Waals surface area contributed by atoms with Crippen molar-refractivity contribution < 1.29 is 50.2 Å². The van der Waals surface area contributed by atoms with E-state index in [1.165, 1.54) is 30.1 Å². The number of nitrogens with zero attached hydrogens (tertiary/aromatic N) is 7. The van der Waals surface area contributed by atoms with Gasteiger partial charge < -0.3 is 43.6 Å². The van der Waals surface area contributed by atoms with Crippen molar-refractivity contribution in [2.24, 2.45) is 76.9 Å². The number of ether oxygens (including phenoxy) is 3. The number of sulfone groups is 1. The number of sulfonamides is 1. The minimum absolute atomic E-state index is 0. The molecule has 0 rings (SSSR count). The van der Waals surface area contributed by atoms with Crippen molar-refractivity contribution in [3.8, 4) is 0 Å². The summed E-state index contributed by atoms with van der Waals surface area (Å²) in [4.78, 5) is 56.2. The number of amides is 4. The summed E-state index contributed by atoms with van der Waals surface area (Å²) < 4.78 is 61.8. The first-order chi connectivity index (χ1) is 55.4. The van der Waals surface area contributed by atoms with Gasteiger partial charge in [0.1, 0.15) is 5.78 Å². The molecule has 0 heterocycles. The average molecular weight is 1870 g/mol. The third-order valence-corrected chi connectivity index (χ3v) is 22.9. The molecule has 0 aliphatic heterocycles. The second kappa shape index (κ2) is 96.0. The van der Waals surface area contributed by atoms with E-state index in [0.717, 1.165) is 36.2 Å². The maximum Gasteiger partial charge on any atom is 0.409 e. The summed E-state index contributed by atoms with van der Waals surface area (Å²) in [6, 6.07) is 3.20. The van der Waals surface area contributed by atoms with Crippen LogP contribution in [0.15, 0.2) is 24.3 Å². The normalized spacial score (nSPS) is 11.3. The molecule has 0 saturated heterocycles. The Labute approximate surface area is 804 Å². The SMILES string of the molecule is C.C.C.CC(C)/C=C/C(C)C.CC(C)/C=C\C(C)C.CC(C)C(=O)C(C)C.CC(C)C(=O)N(C)C(C)C.CC(C)CC(C)C.CC(C)CCC(C)C.CC(C)CN(C)C(C)C.CC(C)COC(C)C.CC(C)N(C)C(=O)N(C)C(C)C.CC(C)N(C)C(C)C.CC(C)N(C)S(=O)(=O)C(C)C.CC(C)OC(=O)N(C)C(C)C.CC(C)OC(C)C.CC(C)S(=O)(=O)C(C)C. The molecular formula is C107H243N7O11S2. The molecule has 0 aromatic heterocycles. The first-order valence-electron chi connectivity index (χ1n) is 48.4. The summed E-state index contributed by atoms with van der Waals surface area (Å²) in [7, 11) is 7.30. The van der Waals surface area contributed by atoms with E-state index >= 15 is 0 Å². The average Bonchev–Trinajstić information content (AvgIpc) is 0.858. The Balaban J connectivity index is -0.0000000685. The van der Waals surface area contributed by atoms with Crippen LogP contribution in [-0.2, 0) is 43.7 Å². The molecule has 0 unspecified atom stereocenters. The van der Waals surface area contributed by atoms with Crippen LogP contribution in [0.4, 0.5) is 9.59 Å². The van der Waals surface area contributed by atoms with Gasteiger partial charge in [-0.3, -0.25) is 9.59 Å². The highest BCUT2D eigenvalue weighted by Gasteiger charge is 2.25. The minimum Gasteiger partial charge on any atom is -0.447 e. The number of ketones is 1. The lowest BCUT2D eigenvalue weighted by molar-refractivity contribution is -0.134. The van der Waals surface area contributed by atoms with E-state index in [0.29, 0.717) is 77.9 Å². The Morgan fingerprint density at radius 1 is 0.299 bits per heavy atom. The summed E-state index contributed by atoms with van der Waals surface area (Å²) in [5.41, 5.74) is 0. The van der Waals surface area contributed by atoms with Gasteiger partial charge >= 0.3 is 12.1 Å². The second-order valence-corrected chi connectivity index (χ2v) is 47.7. The van der Waals surface area contributed by atoms with Crippen molar-refractivity contribution in [1.82, 2.24) is 33.7 Å². The Morgan fingerprint density at radius 2 is 0.583 bits per heavy atom. The standard InChI is InChI=1S/C9H20N2O.C8H17NO2.C8H17NO.C8H19N.C8H18.2C8H16.C7H17NO2S.C7H17N.C7H16O.C7H14O.C7H16.C6H14O2S.C6H14O.3CH4/c1-7(2)10(5)9(12)11(6)8(3)4;1-6(2)9(5)8(10)11-7(3)4;1-6(2)8(10)9(5)7(3)4;1-7(2)6-9(5)8(3)4;3*1-7(2)5-6-8(3)4;1-6(2)8(5)11(9,10)7(3)4;1-6(2)8(5)7(3)4;1-6(2)5-8-7(3)4;1-5(2)7(8)6(3)4;1-6(2)5-7(3)4;1-5(2)9(7,8)6(3)4;1-5(2)7-6(3)4;;;/h7-8H,1-6H3;6-7H,1-5H3;6-7H,1-5H3;7-8H,6H2,1-5H3;7-8H,5-6H2,1-4H3;2*5-8H,1-4H3;6-7H,1-5H3;6-7H,1-5H3;6-7H,5H2,1-4H3;5-6H,1-4H3;6-7H,5H2,1-4H3;5-6H,1-4H3;5-6H,1-4H3;3*1H4/b;;;;;6-5+;6-5-;;;;;;;;;;. The Kier molecular flexibility index (Phi) is 124. The number of carbonyl (C=O) groups is 4. The third-order valence-electron chi connectivity index (χ3n) is 17.8. The van der Waals surface area contributed by atoms with Crippen molar-refractivity contribution in [3.05, 3.63) is 24.3 Å². The number of urea groups is 1. The van der Waals surface area contributed by atoms with Crippen LogP contribution >= 0.6 is 0 Å². The molecule has 0 atom stereocenters. The Morgan fingerprint density at radius 3 is 0.669 bits per heavy atom. The smallest absolute Gasteiger partial charge is 0.409 e. The van der Waals surface area contributed by atoms with E-state index in [4.69, 9.17) is 14.2 Å². The Bertz CT molecular complexity index is 2470. The summed E-state index contributed by atoms with van der Waals surface area (Å²) in [5, 5.41) is -0.801. The fourth-order valence-corrected chi connectivity index (χ4v) is 10.8. The van der Waals surface area contributed by atoms with Gasteiger partial charge in [-0.25, -0.2) is 30.7 Å². The number of Topliss-reactive ketones (excluding diaryl/α,β-unsaturated/α-hetero) is 1. The van der Waals surface area contributed by atoms with Gasteiger partial charge in [0.2, 0.25) is 15.9 Å². The maximum absolute atomic E-state index is 11.6. The van der Waals surface area contributed by atoms with Gasteiger partial charge in [-0.15, -0.1) is 0 Å². The highest BCUT2D eigenvalue weighted by molar-refractivity contribution is 7.92. The first-order valence-corrected chi connectivity index (χ1v) is 51.5. The van der Waals surface area contributed by atoms with Crippen LogP contribution in [0.2, 0.25) is 0 Å². The molecule has 0 aromatic carbocycles. The van der Waals surface area contributed by atoms with Gasteiger partial charge in [-0.05, 0) is 287 Å². The maximum atomic E-state index is 11.6. The molecule has 0 fully saturated rings. The molecule has 784 valence electrons. The predicted molar refractivity (Wildman–Crippen MR) is 578 cm³/mol. The molecule has 0 spiro atoms. The third kappa shape index (κ3) is 131. The van der Waals surface area contributed by atoms with Crippen LogP contribution in [0, 0.1) is 76.9 Å². The molecule has 20 heteroatoms. The van der Waals surface area contributed by atoms with Crippen molar-refractivity contribution in [3.63, 3.8) is 0 Å². The number of allylic oxidation sites excluding steroid dienone is 4. The lowest BCUT2D eigenvalue weighted by Gasteiger charge is -2.30. The molecular weight excluding hydrogens is 1620 g/mol. The van der Waals surface area contributed by atoms with E-state index in [9.17, 15) is 36.0 Å². The molecule has 4 amide bonds. The van der Waals surface area contributed by atoms with E-state index in [1.807, 2.05) is 173 Å².